The molecule has 1 aromatic carbocycles. The summed E-state index contributed by atoms with van der Waals surface area (Å²) in [6.45, 7) is 4.21. The maximum atomic E-state index is 13.5. The molecule has 27 heavy (non-hydrogen) atoms. The molecule has 0 atom stereocenters. The van der Waals surface area contributed by atoms with Crippen molar-refractivity contribution >= 4 is 21.6 Å². The topological polar surface area (TPSA) is 92.5 Å². The van der Waals surface area contributed by atoms with Crippen molar-refractivity contribution in [3.63, 3.8) is 0 Å². The predicted octanol–water partition coefficient (Wildman–Crippen LogP) is 3.31. The Kier molecular flexibility index (Phi) is 5.23. The normalized spacial score (nSPS) is 16.3. The Labute approximate surface area is 157 Å². The van der Waals surface area contributed by atoms with Gasteiger partial charge < -0.3 is 14.7 Å². The third kappa shape index (κ3) is 3.83. The second kappa shape index (κ2) is 7.30. The lowest BCUT2D eigenvalue weighted by Gasteiger charge is -2.40. The lowest BCUT2D eigenvalue weighted by atomic mass is 9.86. The van der Waals surface area contributed by atoms with Gasteiger partial charge in [0.1, 0.15) is 17.8 Å². The van der Waals surface area contributed by atoms with E-state index in [4.69, 9.17) is 0 Å². The summed E-state index contributed by atoms with van der Waals surface area (Å²) >= 11 is 0. The lowest BCUT2D eigenvalue weighted by molar-refractivity contribution is 0.171. The first-order valence-electron chi connectivity index (χ1n) is 8.67. The Morgan fingerprint density at radius 1 is 1.33 bits per heavy atom. The number of anilines is 1. The van der Waals surface area contributed by atoms with Gasteiger partial charge in [-0.15, -0.1) is 0 Å². The van der Waals surface area contributed by atoms with Crippen LogP contribution in [0.2, 0.25) is 0 Å². The number of sulfone groups is 1. The van der Waals surface area contributed by atoms with Crippen molar-refractivity contribution in [2.75, 3.05) is 18.4 Å². The van der Waals surface area contributed by atoms with E-state index in [0.717, 1.165) is 6.07 Å². The van der Waals surface area contributed by atoms with Crippen LogP contribution in [0.15, 0.2) is 46.1 Å². The van der Waals surface area contributed by atoms with E-state index in [1.165, 1.54) is 30.7 Å². The van der Waals surface area contributed by atoms with Gasteiger partial charge in [0, 0.05) is 13.1 Å². The fourth-order valence-corrected chi connectivity index (χ4v) is 5.21. The Hall–Kier alpha value is -2.42. The molecule has 0 radical (unpaired) electrons. The van der Waals surface area contributed by atoms with Crippen LogP contribution in [0.1, 0.15) is 26.7 Å². The van der Waals surface area contributed by atoms with Gasteiger partial charge >= 0.3 is 6.03 Å². The van der Waals surface area contributed by atoms with Gasteiger partial charge in [-0.05, 0) is 50.8 Å². The number of piperidine rings is 1. The molecular formula is C18H22FN3O4S. The predicted molar refractivity (Wildman–Crippen MR) is 97.5 cm³/mol. The number of urea groups is 1. The maximum absolute atomic E-state index is 13.5. The van der Waals surface area contributed by atoms with Crippen molar-refractivity contribution in [2.45, 2.75) is 36.3 Å². The van der Waals surface area contributed by atoms with Crippen molar-refractivity contribution in [3.05, 3.63) is 42.5 Å². The first-order chi connectivity index (χ1) is 12.7. The number of carbonyl (C=O) groups excluding carboxylic acids is 1. The van der Waals surface area contributed by atoms with Gasteiger partial charge in [-0.1, -0.05) is 11.2 Å². The number of carbonyl (C=O) groups is 1. The highest BCUT2D eigenvalue weighted by Gasteiger charge is 2.44. The quantitative estimate of drug-likeness (QED) is 0.857. The highest BCUT2D eigenvalue weighted by atomic mass is 32.2. The Balaban J connectivity index is 1.68. The molecule has 0 spiro atoms. The molecule has 2 amide bonds. The van der Waals surface area contributed by atoms with Crippen LogP contribution in [0, 0.1) is 11.7 Å². The molecule has 2 aromatic rings. The molecule has 0 unspecified atom stereocenters. The van der Waals surface area contributed by atoms with Crippen LogP contribution in [-0.2, 0) is 9.84 Å². The third-order valence-electron chi connectivity index (χ3n) is 5.25. The zero-order valence-electron chi connectivity index (χ0n) is 15.2. The van der Waals surface area contributed by atoms with E-state index >= 15 is 0 Å². The molecule has 2 heterocycles. The van der Waals surface area contributed by atoms with Crippen LogP contribution < -0.4 is 5.32 Å². The van der Waals surface area contributed by atoms with Crippen LogP contribution >= 0.6 is 0 Å². The monoisotopic (exact) mass is 395 g/mol. The van der Waals surface area contributed by atoms with Crippen LogP contribution in [-0.4, -0.2) is 42.3 Å². The fraction of sp³-hybridized carbons (Fsp3) is 0.444. The van der Waals surface area contributed by atoms with Gasteiger partial charge in [-0.25, -0.2) is 17.6 Å². The molecule has 1 N–H and O–H groups in total. The molecule has 9 heteroatoms. The highest BCUT2D eigenvalue weighted by Crippen LogP contribution is 2.38. The maximum Gasteiger partial charge on any atom is 0.321 e. The fourth-order valence-electron chi connectivity index (χ4n) is 3.40. The number of halogens is 1. The van der Waals surface area contributed by atoms with E-state index in [1.54, 1.807) is 18.7 Å². The van der Waals surface area contributed by atoms with Gasteiger partial charge in [0.05, 0.1) is 15.8 Å². The summed E-state index contributed by atoms with van der Waals surface area (Å²) in [5.74, 6) is -0.725. The lowest BCUT2D eigenvalue weighted by Crippen LogP contribution is -2.48. The number of likely N-dealkylation sites (tertiary alicyclic amines) is 1. The largest absolute Gasteiger partial charge is 0.363 e. The second-order valence-corrected chi connectivity index (χ2v) is 9.70. The minimum Gasteiger partial charge on any atom is -0.363 e. The number of nitrogens with zero attached hydrogens (tertiary/aromatic N) is 2. The SMILES string of the molecule is CC(C)(C1CCN(C(=O)Nc2cnoc2)CC1)S(=O)(=O)c1cccc(F)c1. The summed E-state index contributed by atoms with van der Waals surface area (Å²) < 4.78 is 43.2. The minimum atomic E-state index is -3.72. The molecule has 1 fully saturated rings. The number of hydrogen-bond donors (Lipinski definition) is 1. The number of aromatic nitrogens is 1. The summed E-state index contributed by atoms with van der Waals surface area (Å²) in [4.78, 5) is 13.9. The molecule has 0 aliphatic carbocycles. The number of benzene rings is 1. The van der Waals surface area contributed by atoms with Crippen molar-refractivity contribution in [2.24, 2.45) is 5.92 Å². The molecule has 1 aromatic heterocycles. The van der Waals surface area contributed by atoms with Gasteiger partial charge in [-0.2, -0.15) is 0 Å². The number of amides is 2. The summed E-state index contributed by atoms with van der Waals surface area (Å²) in [7, 11) is -3.72. The van der Waals surface area contributed by atoms with Crippen LogP contribution in [0.4, 0.5) is 14.9 Å². The number of hydrogen-bond acceptors (Lipinski definition) is 5. The second-order valence-electron chi connectivity index (χ2n) is 7.17. The van der Waals surface area contributed by atoms with Gasteiger partial charge in [0.2, 0.25) is 0 Å². The van der Waals surface area contributed by atoms with Crippen molar-refractivity contribution in [1.82, 2.24) is 10.1 Å². The molecule has 1 saturated heterocycles. The van der Waals surface area contributed by atoms with Gasteiger partial charge in [0.15, 0.2) is 9.84 Å². The van der Waals surface area contributed by atoms with E-state index in [0.29, 0.717) is 31.6 Å². The zero-order chi connectivity index (χ0) is 19.7. The van der Waals surface area contributed by atoms with Crippen LogP contribution in [0.3, 0.4) is 0 Å². The Morgan fingerprint density at radius 3 is 2.63 bits per heavy atom. The molecule has 0 bridgehead atoms. The Bertz CT molecular complexity index is 904. The summed E-state index contributed by atoms with van der Waals surface area (Å²) in [5, 5.41) is 6.20. The molecular weight excluding hydrogens is 373 g/mol. The molecule has 1 aliphatic heterocycles. The molecule has 3 rings (SSSR count). The number of rotatable bonds is 4. The first kappa shape index (κ1) is 19.3. The average molecular weight is 395 g/mol. The molecule has 0 saturated carbocycles. The standard InChI is InChI=1S/C18H22FN3O4S/c1-18(2,27(24,25)16-5-3-4-14(19)10-16)13-6-8-22(9-7-13)17(23)21-15-11-20-26-12-15/h3-5,10-13H,6-9H2,1-2H3,(H,21,23). The van der Waals surface area contributed by atoms with Gasteiger partial charge in [-0.3, -0.25) is 0 Å². The highest BCUT2D eigenvalue weighted by molar-refractivity contribution is 7.92. The average Bonchev–Trinajstić information content (AvgIpc) is 3.14. The van der Waals surface area contributed by atoms with E-state index < -0.39 is 20.4 Å². The Morgan fingerprint density at radius 2 is 2.04 bits per heavy atom. The smallest absolute Gasteiger partial charge is 0.321 e. The third-order valence-corrected chi connectivity index (χ3v) is 7.84. The summed E-state index contributed by atoms with van der Waals surface area (Å²) in [5.41, 5.74) is 0.469. The van der Waals surface area contributed by atoms with E-state index in [9.17, 15) is 17.6 Å². The van der Waals surface area contributed by atoms with E-state index in [1.807, 2.05) is 0 Å². The van der Waals surface area contributed by atoms with Crippen molar-refractivity contribution in [3.8, 4) is 0 Å². The minimum absolute atomic E-state index is 0.0138. The van der Waals surface area contributed by atoms with Crippen molar-refractivity contribution < 1.29 is 22.1 Å². The van der Waals surface area contributed by atoms with Crippen molar-refractivity contribution in [1.29, 1.82) is 0 Å². The number of nitrogens with one attached hydrogen (secondary N) is 1. The van der Waals surface area contributed by atoms with Crippen LogP contribution in [0.25, 0.3) is 0 Å². The zero-order valence-corrected chi connectivity index (χ0v) is 16.0. The van der Waals surface area contributed by atoms with E-state index in [-0.39, 0.29) is 16.8 Å². The molecule has 1 aliphatic rings. The van der Waals surface area contributed by atoms with Gasteiger partial charge in [0.25, 0.3) is 0 Å². The molecule has 7 nitrogen and oxygen atoms in total. The van der Waals surface area contributed by atoms with Crippen LogP contribution in [0.5, 0.6) is 0 Å². The molecule has 146 valence electrons. The first-order valence-corrected chi connectivity index (χ1v) is 10.2. The van der Waals surface area contributed by atoms with E-state index in [2.05, 4.69) is 15.0 Å². The summed E-state index contributed by atoms with van der Waals surface area (Å²) in [6, 6.07) is 4.82. The summed E-state index contributed by atoms with van der Waals surface area (Å²) in [6.07, 6.45) is 3.82.